The summed E-state index contributed by atoms with van der Waals surface area (Å²) < 4.78 is 0. The molecule has 0 spiro atoms. The summed E-state index contributed by atoms with van der Waals surface area (Å²) in [6.45, 7) is 1.98. The fourth-order valence-corrected chi connectivity index (χ4v) is 2.85. The Morgan fingerprint density at radius 1 is 1.35 bits per heavy atom. The Bertz CT molecular complexity index is 397. The SMILES string of the molecule is Cc1ccc(CC(O)C2(O)CCCC2)c(Cl)c1. The quantitative estimate of drug-likeness (QED) is 0.871. The van der Waals surface area contributed by atoms with Gasteiger partial charge in [-0.25, -0.2) is 0 Å². The zero-order chi connectivity index (χ0) is 12.5. The van der Waals surface area contributed by atoms with Gasteiger partial charge in [-0.15, -0.1) is 0 Å². The number of rotatable bonds is 3. The Morgan fingerprint density at radius 2 is 2.00 bits per heavy atom. The fraction of sp³-hybridized carbons (Fsp3) is 0.571. The summed E-state index contributed by atoms with van der Waals surface area (Å²) in [7, 11) is 0. The monoisotopic (exact) mass is 254 g/mol. The molecule has 0 aromatic heterocycles. The molecule has 1 aromatic rings. The van der Waals surface area contributed by atoms with E-state index in [0.29, 0.717) is 24.3 Å². The van der Waals surface area contributed by atoms with Gasteiger partial charge in [0.2, 0.25) is 0 Å². The van der Waals surface area contributed by atoms with E-state index in [0.717, 1.165) is 24.0 Å². The van der Waals surface area contributed by atoms with E-state index in [-0.39, 0.29) is 0 Å². The minimum Gasteiger partial charge on any atom is -0.390 e. The molecule has 1 aliphatic carbocycles. The average Bonchev–Trinajstić information content (AvgIpc) is 2.71. The van der Waals surface area contributed by atoms with Crippen LogP contribution in [0.4, 0.5) is 0 Å². The van der Waals surface area contributed by atoms with E-state index in [9.17, 15) is 10.2 Å². The predicted octanol–water partition coefficient (Wildman–Crippen LogP) is 2.86. The van der Waals surface area contributed by atoms with Crippen molar-refractivity contribution < 1.29 is 10.2 Å². The van der Waals surface area contributed by atoms with Crippen molar-refractivity contribution in [2.24, 2.45) is 0 Å². The Balaban J connectivity index is 2.10. The van der Waals surface area contributed by atoms with Crippen LogP contribution in [0.15, 0.2) is 18.2 Å². The van der Waals surface area contributed by atoms with E-state index >= 15 is 0 Å². The van der Waals surface area contributed by atoms with Crippen molar-refractivity contribution >= 4 is 11.6 Å². The lowest BCUT2D eigenvalue weighted by Gasteiger charge is -2.28. The van der Waals surface area contributed by atoms with Gasteiger partial charge >= 0.3 is 0 Å². The van der Waals surface area contributed by atoms with Crippen LogP contribution in [0.3, 0.4) is 0 Å². The normalized spacial score (nSPS) is 20.5. The van der Waals surface area contributed by atoms with Crippen molar-refractivity contribution in [3.05, 3.63) is 34.3 Å². The molecule has 0 aliphatic heterocycles. The van der Waals surface area contributed by atoms with Gasteiger partial charge in [0.15, 0.2) is 0 Å². The summed E-state index contributed by atoms with van der Waals surface area (Å²) in [4.78, 5) is 0. The summed E-state index contributed by atoms with van der Waals surface area (Å²) in [5.74, 6) is 0. The number of aliphatic hydroxyl groups is 2. The first-order valence-corrected chi connectivity index (χ1v) is 6.54. The van der Waals surface area contributed by atoms with Crippen LogP contribution in [0.1, 0.15) is 36.8 Å². The zero-order valence-corrected chi connectivity index (χ0v) is 10.9. The second kappa shape index (κ2) is 4.97. The lowest BCUT2D eigenvalue weighted by atomic mass is 9.90. The van der Waals surface area contributed by atoms with E-state index in [4.69, 9.17) is 11.6 Å². The van der Waals surface area contributed by atoms with Crippen molar-refractivity contribution in [1.82, 2.24) is 0 Å². The molecule has 1 saturated carbocycles. The predicted molar refractivity (Wildman–Crippen MR) is 69.3 cm³/mol. The molecule has 0 amide bonds. The molecule has 3 heteroatoms. The first-order valence-electron chi connectivity index (χ1n) is 6.17. The second-order valence-corrected chi connectivity index (χ2v) is 5.53. The molecule has 2 N–H and O–H groups in total. The highest BCUT2D eigenvalue weighted by atomic mass is 35.5. The molecule has 17 heavy (non-hydrogen) atoms. The van der Waals surface area contributed by atoms with E-state index in [2.05, 4.69) is 0 Å². The number of aliphatic hydroxyl groups excluding tert-OH is 1. The molecular weight excluding hydrogens is 236 g/mol. The van der Waals surface area contributed by atoms with Gasteiger partial charge in [-0.2, -0.15) is 0 Å². The number of benzene rings is 1. The second-order valence-electron chi connectivity index (χ2n) is 5.13. The lowest BCUT2D eigenvalue weighted by molar-refractivity contribution is -0.0689. The molecule has 0 saturated heterocycles. The molecule has 94 valence electrons. The van der Waals surface area contributed by atoms with Crippen molar-refractivity contribution in [2.75, 3.05) is 0 Å². The average molecular weight is 255 g/mol. The van der Waals surface area contributed by atoms with Crippen LogP contribution >= 0.6 is 11.6 Å². The van der Waals surface area contributed by atoms with E-state index < -0.39 is 11.7 Å². The summed E-state index contributed by atoms with van der Waals surface area (Å²) in [6.07, 6.45) is 3.08. The third-order valence-corrected chi connectivity index (χ3v) is 4.06. The number of halogens is 1. The minimum atomic E-state index is -0.909. The minimum absolute atomic E-state index is 0.426. The molecule has 0 radical (unpaired) electrons. The third-order valence-electron chi connectivity index (χ3n) is 3.71. The number of hydrogen-bond acceptors (Lipinski definition) is 2. The van der Waals surface area contributed by atoms with Crippen LogP contribution in [0.2, 0.25) is 5.02 Å². The first kappa shape index (κ1) is 12.9. The molecule has 0 heterocycles. The topological polar surface area (TPSA) is 40.5 Å². The van der Waals surface area contributed by atoms with E-state index in [1.165, 1.54) is 0 Å². The summed E-state index contributed by atoms with van der Waals surface area (Å²) in [5.41, 5.74) is 1.10. The van der Waals surface area contributed by atoms with E-state index in [1.807, 2.05) is 25.1 Å². The molecule has 2 rings (SSSR count). The maximum atomic E-state index is 10.3. The zero-order valence-electron chi connectivity index (χ0n) is 10.1. The Hall–Kier alpha value is -0.570. The summed E-state index contributed by atoms with van der Waals surface area (Å²) in [5, 5.41) is 21.1. The molecule has 2 nitrogen and oxygen atoms in total. The van der Waals surface area contributed by atoms with Crippen LogP contribution < -0.4 is 0 Å². The Labute approximate surface area is 107 Å². The van der Waals surface area contributed by atoms with Crippen LogP contribution in [0.25, 0.3) is 0 Å². The molecule has 1 atom stereocenters. The smallest absolute Gasteiger partial charge is 0.0908 e. The third kappa shape index (κ3) is 2.82. The largest absolute Gasteiger partial charge is 0.390 e. The number of aryl methyl sites for hydroxylation is 1. The van der Waals surface area contributed by atoms with Gasteiger partial charge in [-0.3, -0.25) is 0 Å². The molecule has 1 aromatic carbocycles. The van der Waals surface area contributed by atoms with Gasteiger partial charge in [0.05, 0.1) is 11.7 Å². The summed E-state index contributed by atoms with van der Waals surface area (Å²) in [6, 6.07) is 5.80. The summed E-state index contributed by atoms with van der Waals surface area (Å²) >= 11 is 6.13. The fourth-order valence-electron chi connectivity index (χ4n) is 2.54. The van der Waals surface area contributed by atoms with Gasteiger partial charge in [0.1, 0.15) is 0 Å². The highest BCUT2D eigenvalue weighted by Crippen LogP contribution is 2.34. The van der Waals surface area contributed by atoms with Crippen molar-refractivity contribution in [1.29, 1.82) is 0 Å². The standard InChI is InChI=1S/C14H19ClO2/c1-10-4-5-11(12(15)8-10)9-13(16)14(17)6-2-3-7-14/h4-5,8,13,16-17H,2-3,6-7,9H2,1H3. The van der Waals surface area contributed by atoms with Crippen molar-refractivity contribution in [2.45, 2.75) is 50.7 Å². The lowest BCUT2D eigenvalue weighted by Crippen LogP contribution is -2.40. The Kier molecular flexibility index (Phi) is 3.76. The molecule has 1 aliphatic rings. The van der Waals surface area contributed by atoms with Gasteiger partial charge in [-0.05, 0) is 37.0 Å². The maximum absolute atomic E-state index is 10.3. The van der Waals surface area contributed by atoms with Crippen molar-refractivity contribution in [3.8, 4) is 0 Å². The highest BCUT2D eigenvalue weighted by Gasteiger charge is 2.38. The van der Waals surface area contributed by atoms with Crippen LogP contribution in [0, 0.1) is 6.92 Å². The molecular formula is C14H19ClO2. The molecule has 1 fully saturated rings. The van der Waals surface area contributed by atoms with E-state index in [1.54, 1.807) is 0 Å². The Morgan fingerprint density at radius 3 is 2.59 bits per heavy atom. The van der Waals surface area contributed by atoms with Gasteiger partial charge in [0.25, 0.3) is 0 Å². The number of hydrogen-bond donors (Lipinski definition) is 2. The van der Waals surface area contributed by atoms with Crippen molar-refractivity contribution in [3.63, 3.8) is 0 Å². The van der Waals surface area contributed by atoms with Gasteiger partial charge in [0, 0.05) is 11.4 Å². The van der Waals surface area contributed by atoms with Crippen LogP contribution in [0.5, 0.6) is 0 Å². The molecule has 0 bridgehead atoms. The van der Waals surface area contributed by atoms with Crippen LogP contribution in [-0.2, 0) is 6.42 Å². The van der Waals surface area contributed by atoms with Gasteiger partial charge < -0.3 is 10.2 Å². The maximum Gasteiger partial charge on any atom is 0.0908 e. The molecule has 1 unspecified atom stereocenters. The first-order chi connectivity index (χ1) is 8.01. The van der Waals surface area contributed by atoms with Gasteiger partial charge in [-0.1, -0.05) is 36.6 Å². The van der Waals surface area contributed by atoms with Crippen LogP contribution in [-0.4, -0.2) is 21.9 Å². The highest BCUT2D eigenvalue weighted by molar-refractivity contribution is 6.31.